The lowest BCUT2D eigenvalue weighted by Gasteiger charge is -2.25. The zero-order chi connectivity index (χ0) is 22.7. The lowest BCUT2D eigenvalue weighted by Crippen LogP contribution is -2.31. The predicted molar refractivity (Wildman–Crippen MR) is 120 cm³/mol. The van der Waals surface area contributed by atoms with Crippen LogP contribution in [0.1, 0.15) is 29.2 Å². The molecule has 7 heteroatoms. The van der Waals surface area contributed by atoms with Gasteiger partial charge in [-0.15, -0.1) is 0 Å². The summed E-state index contributed by atoms with van der Waals surface area (Å²) < 4.78 is 7.29. The number of carbonyl (C=O) groups excluding carboxylic acids is 2. The first-order chi connectivity index (χ1) is 15.5. The maximum atomic E-state index is 13.1. The molecule has 1 fully saturated rings. The number of ketones is 1. The van der Waals surface area contributed by atoms with Crippen molar-refractivity contribution in [3.05, 3.63) is 89.5 Å². The largest absolute Gasteiger partial charge is 0.507 e. The summed E-state index contributed by atoms with van der Waals surface area (Å²) in [5.41, 5.74) is 2.29. The number of nitrogens with zero attached hydrogens (tertiary/aromatic N) is 3. The molecule has 1 N–H and O–H groups in total. The Bertz CT molecular complexity index is 1150. The van der Waals surface area contributed by atoms with Crippen LogP contribution in [0.15, 0.2) is 72.8 Å². The number of Topliss-reactive ketones (excluding diaryl/α,β-unsaturated/α-hetero) is 1. The summed E-state index contributed by atoms with van der Waals surface area (Å²) in [7, 11) is 1.50. The van der Waals surface area contributed by atoms with E-state index in [1.165, 1.54) is 7.11 Å². The van der Waals surface area contributed by atoms with Crippen LogP contribution in [0, 0.1) is 6.92 Å². The quantitative estimate of drug-likeness (QED) is 0.350. The summed E-state index contributed by atoms with van der Waals surface area (Å²) >= 11 is 0. The van der Waals surface area contributed by atoms with Gasteiger partial charge in [-0.05, 0) is 31.0 Å². The number of hydrogen-bond donors (Lipinski definition) is 1. The molecule has 1 aliphatic rings. The summed E-state index contributed by atoms with van der Waals surface area (Å²) in [4.78, 5) is 31.7. The SMILES string of the molecule is COc1ccccc1/C(O)=C1\C(=O)C(=O)N(CCCn2ccnc2)C1c1ccc(C)cc1. The first kappa shape index (κ1) is 21.4. The number of imidazole rings is 1. The number of benzene rings is 2. The molecule has 1 unspecified atom stereocenters. The molecule has 2 aromatic carbocycles. The molecule has 1 aromatic heterocycles. The van der Waals surface area contributed by atoms with Crippen molar-refractivity contribution in [1.82, 2.24) is 14.5 Å². The van der Waals surface area contributed by atoms with Gasteiger partial charge in [0.1, 0.15) is 11.5 Å². The molecule has 3 aromatic rings. The summed E-state index contributed by atoms with van der Waals surface area (Å²) in [6.07, 6.45) is 5.91. The van der Waals surface area contributed by atoms with Crippen LogP contribution < -0.4 is 4.74 Å². The van der Waals surface area contributed by atoms with Gasteiger partial charge < -0.3 is 19.3 Å². The number of amides is 1. The van der Waals surface area contributed by atoms with Crippen molar-refractivity contribution in [2.75, 3.05) is 13.7 Å². The van der Waals surface area contributed by atoms with Crippen molar-refractivity contribution in [2.24, 2.45) is 0 Å². The monoisotopic (exact) mass is 431 g/mol. The molecule has 1 amide bonds. The van der Waals surface area contributed by atoms with Crippen LogP contribution in [-0.4, -0.2) is 44.9 Å². The van der Waals surface area contributed by atoms with Crippen LogP contribution >= 0.6 is 0 Å². The van der Waals surface area contributed by atoms with Crippen LogP contribution in [-0.2, 0) is 16.1 Å². The summed E-state index contributed by atoms with van der Waals surface area (Å²) in [6, 6.07) is 13.9. The first-order valence-corrected chi connectivity index (χ1v) is 10.5. The van der Waals surface area contributed by atoms with Crippen LogP contribution in [0.25, 0.3) is 5.76 Å². The molecule has 32 heavy (non-hydrogen) atoms. The zero-order valence-corrected chi connectivity index (χ0v) is 18.1. The third-order valence-electron chi connectivity index (χ3n) is 5.67. The van der Waals surface area contributed by atoms with Gasteiger partial charge in [-0.2, -0.15) is 0 Å². The van der Waals surface area contributed by atoms with E-state index in [0.29, 0.717) is 30.8 Å². The molecule has 164 valence electrons. The molecule has 4 rings (SSSR count). The van der Waals surface area contributed by atoms with Gasteiger partial charge in [0.15, 0.2) is 0 Å². The second kappa shape index (κ2) is 9.09. The topological polar surface area (TPSA) is 84.7 Å². The van der Waals surface area contributed by atoms with E-state index in [4.69, 9.17) is 4.74 Å². The first-order valence-electron chi connectivity index (χ1n) is 10.5. The predicted octanol–water partition coefficient (Wildman–Crippen LogP) is 3.71. The molecule has 1 saturated heterocycles. The Morgan fingerprint density at radius 2 is 1.84 bits per heavy atom. The number of aromatic nitrogens is 2. The molecule has 0 spiro atoms. The van der Waals surface area contributed by atoms with E-state index in [9.17, 15) is 14.7 Å². The van der Waals surface area contributed by atoms with E-state index in [1.54, 1.807) is 41.7 Å². The lowest BCUT2D eigenvalue weighted by molar-refractivity contribution is -0.139. The van der Waals surface area contributed by atoms with Crippen molar-refractivity contribution < 1.29 is 19.4 Å². The number of likely N-dealkylation sites (tertiary alicyclic amines) is 1. The average Bonchev–Trinajstić information content (AvgIpc) is 3.41. The Morgan fingerprint density at radius 3 is 2.53 bits per heavy atom. The minimum Gasteiger partial charge on any atom is -0.507 e. The normalized spacial score (nSPS) is 17.7. The summed E-state index contributed by atoms with van der Waals surface area (Å²) in [5.74, 6) is -1.11. The van der Waals surface area contributed by atoms with Crippen molar-refractivity contribution in [3.8, 4) is 5.75 Å². The van der Waals surface area contributed by atoms with Crippen LogP contribution in [0.2, 0.25) is 0 Å². The highest BCUT2D eigenvalue weighted by Gasteiger charge is 2.46. The maximum absolute atomic E-state index is 13.1. The van der Waals surface area contributed by atoms with Gasteiger partial charge in [-0.3, -0.25) is 9.59 Å². The van der Waals surface area contributed by atoms with Gasteiger partial charge in [-0.1, -0.05) is 42.0 Å². The Morgan fingerprint density at radius 1 is 1.09 bits per heavy atom. The van der Waals surface area contributed by atoms with Crippen LogP contribution in [0.5, 0.6) is 5.75 Å². The van der Waals surface area contributed by atoms with E-state index >= 15 is 0 Å². The van der Waals surface area contributed by atoms with Gasteiger partial charge in [-0.25, -0.2) is 4.98 Å². The van der Waals surface area contributed by atoms with Gasteiger partial charge in [0.05, 0.1) is 30.6 Å². The Kier molecular flexibility index (Phi) is 6.07. The van der Waals surface area contributed by atoms with Gasteiger partial charge in [0.25, 0.3) is 11.7 Å². The highest BCUT2D eigenvalue weighted by atomic mass is 16.5. The molecule has 0 bridgehead atoms. The molecule has 0 aliphatic carbocycles. The van der Waals surface area contributed by atoms with Crippen LogP contribution in [0.3, 0.4) is 0 Å². The van der Waals surface area contributed by atoms with E-state index in [2.05, 4.69) is 4.98 Å². The summed E-state index contributed by atoms with van der Waals surface area (Å²) in [5, 5.41) is 11.2. The molecule has 1 atom stereocenters. The van der Waals surface area contributed by atoms with Gasteiger partial charge in [0, 0.05) is 25.5 Å². The standard InChI is InChI=1S/C25H25N3O4/c1-17-8-10-18(11-9-17)22-21(23(29)19-6-3-4-7-20(19)32-2)24(30)25(31)28(22)14-5-13-27-15-12-26-16-27/h3-4,6-12,15-16,22,29H,5,13-14H2,1-2H3/b23-21+. The number of rotatable bonds is 7. The Balaban J connectivity index is 1.76. The average molecular weight is 431 g/mol. The number of aliphatic hydroxyl groups excluding tert-OH is 1. The Hall–Kier alpha value is -3.87. The van der Waals surface area contributed by atoms with Crippen LogP contribution in [0.4, 0.5) is 0 Å². The van der Waals surface area contributed by atoms with E-state index in [1.807, 2.05) is 42.0 Å². The van der Waals surface area contributed by atoms with Crippen molar-refractivity contribution in [2.45, 2.75) is 25.9 Å². The minimum atomic E-state index is -0.693. The second-order valence-corrected chi connectivity index (χ2v) is 7.76. The fraction of sp³-hybridized carbons (Fsp3) is 0.240. The number of ether oxygens (including phenoxy) is 1. The zero-order valence-electron chi connectivity index (χ0n) is 18.1. The maximum Gasteiger partial charge on any atom is 0.295 e. The smallest absolute Gasteiger partial charge is 0.295 e. The molecular weight excluding hydrogens is 406 g/mol. The van der Waals surface area contributed by atoms with Crippen molar-refractivity contribution in [3.63, 3.8) is 0 Å². The number of hydrogen-bond acceptors (Lipinski definition) is 5. The molecule has 0 saturated carbocycles. The lowest BCUT2D eigenvalue weighted by atomic mass is 9.94. The van der Waals surface area contributed by atoms with Crippen molar-refractivity contribution in [1.29, 1.82) is 0 Å². The van der Waals surface area contributed by atoms with Gasteiger partial charge >= 0.3 is 0 Å². The summed E-state index contributed by atoms with van der Waals surface area (Å²) in [6.45, 7) is 3.00. The minimum absolute atomic E-state index is 0.0750. The number of aryl methyl sites for hydroxylation is 2. The molecule has 1 aliphatic heterocycles. The van der Waals surface area contributed by atoms with Gasteiger partial charge in [0.2, 0.25) is 0 Å². The molecule has 0 radical (unpaired) electrons. The van der Waals surface area contributed by atoms with E-state index in [0.717, 1.165) is 11.1 Å². The molecular formula is C25H25N3O4. The van der Waals surface area contributed by atoms with Crippen molar-refractivity contribution >= 4 is 17.4 Å². The number of aliphatic hydroxyl groups is 1. The fourth-order valence-electron chi connectivity index (χ4n) is 4.03. The number of methoxy groups -OCH3 is 1. The Labute approximate surface area is 186 Å². The third-order valence-corrected chi connectivity index (χ3v) is 5.67. The van der Waals surface area contributed by atoms with E-state index < -0.39 is 17.7 Å². The molecule has 2 heterocycles. The fourth-order valence-corrected chi connectivity index (χ4v) is 4.03. The van der Waals surface area contributed by atoms with E-state index in [-0.39, 0.29) is 11.3 Å². The highest BCUT2D eigenvalue weighted by Crippen LogP contribution is 2.40. The number of para-hydroxylation sites is 1. The second-order valence-electron chi connectivity index (χ2n) is 7.76. The third kappa shape index (κ3) is 4.01. The highest BCUT2D eigenvalue weighted by molar-refractivity contribution is 6.46. The number of carbonyl (C=O) groups is 2. The molecule has 7 nitrogen and oxygen atoms in total.